The summed E-state index contributed by atoms with van der Waals surface area (Å²) in [6, 6.07) is 8.70. The van der Waals surface area contributed by atoms with E-state index in [9.17, 15) is 13.2 Å². The number of aryl methyl sites for hydroxylation is 1. The molecule has 0 radical (unpaired) electrons. The Hall–Kier alpha value is -1.92. The Kier molecular flexibility index (Phi) is 4.60. The number of hydrogen-bond acceptors (Lipinski definition) is 4. The number of ketones is 1. The van der Waals surface area contributed by atoms with E-state index in [2.05, 4.69) is 5.10 Å². The summed E-state index contributed by atoms with van der Waals surface area (Å²) in [5, 5.41) is 4.73. The Labute approximate surface area is 145 Å². The van der Waals surface area contributed by atoms with E-state index in [4.69, 9.17) is 11.6 Å². The Morgan fingerprint density at radius 2 is 2.04 bits per heavy atom. The molecule has 0 saturated carbocycles. The molecule has 1 aromatic carbocycles. The molecule has 126 valence electrons. The highest BCUT2D eigenvalue weighted by molar-refractivity contribution is 7.91. The molecule has 1 aliphatic rings. The Bertz CT molecular complexity index is 901. The maximum absolute atomic E-state index is 12.2. The molecular weight excluding hydrogens is 348 g/mol. The summed E-state index contributed by atoms with van der Waals surface area (Å²) in [4.78, 5) is 12.2. The number of rotatable bonds is 4. The normalized spacial score (nSPS) is 19.8. The molecule has 1 aliphatic heterocycles. The molecule has 1 atom stereocenters. The van der Waals surface area contributed by atoms with E-state index in [0.717, 1.165) is 0 Å². The van der Waals surface area contributed by atoms with Crippen LogP contribution in [0.4, 0.5) is 0 Å². The van der Waals surface area contributed by atoms with E-state index in [1.165, 1.54) is 6.08 Å². The Balaban J connectivity index is 1.85. The summed E-state index contributed by atoms with van der Waals surface area (Å²) in [5.74, 6) is 0.0899. The highest BCUT2D eigenvalue weighted by atomic mass is 35.5. The summed E-state index contributed by atoms with van der Waals surface area (Å²) in [7, 11) is -3.02. The second-order valence-corrected chi connectivity index (χ2v) is 8.44. The minimum Gasteiger partial charge on any atom is -0.289 e. The minimum absolute atomic E-state index is 0.0555. The van der Waals surface area contributed by atoms with Gasteiger partial charge in [0.05, 0.1) is 23.2 Å². The van der Waals surface area contributed by atoms with Crippen molar-refractivity contribution in [1.29, 1.82) is 0 Å². The summed E-state index contributed by atoms with van der Waals surface area (Å²) >= 11 is 6.38. The molecule has 1 saturated heterocycles. The molecule has 0 unspecified atom stereocenters. The fraction of sp³-hybridized carbons (Fsp3) is 0.294. The molecule has 0 aliphatic carbocycles. The largest absolute Gasteiger partial charge is 0.289 e. The van der Waals surface area contributed by atoms with Crippen LogP contribution in [0.3, 0.4) is 0 Å². The van der Waals surface area contributed by atoms with Crippen molar-refractivity contribution in [2.75, 3.05) is 11.5 Å². The van der Waals surface area contributed by atoms with Crippen molar-refractivity contribution in [3.05, 3.63) is 58.4 Å². The van der Waals surface area contributed by atoms with Gasteiger partial charge in [-0.15, -0.1) is 0 Å². The zero-order valence-corrected chi connectivity index (χ0v) is 14.7. The lowest BCUT2D eigenvalue weighted by Crippen LogP contribution is -2.12. The number of nitrogens with zero attached hydrogens (tertiary/aromatic N) is 2. The number of aromatic nitrogens is 2. The van der Waals surface area contributed by atoms with E-state index >= 15 is 0 Å². The van der Waals surface area contributed by atoms with Crippen molar-refractivity contribution in [3.8, 4) is 0 Å². The van der Waals surface area contributed by atoms with Gasteiger partial charge in [-0.25, -0.2) is 13.1 Å². The molecule has 0 bridgehead atoms. The van der Waals surface area contributed by atoms with Crippen LogP contribution in [0.2, 0.25) is 5.15 Å². The van der Waals surface area contributed by atoms with Crippen LogP contribution in [-0.2, 0) is 9.84 Å². The number of halogens is 1. The molecule has 0 amide bonds. The quantitative estimate of drug-likeness (QED) is 0.617. The summed E-state index contributed by atoms with van der Waals surface area (Å²) in [5.41, 5.74) is 1.91. The first-order valence-corrected chi connectivity index (χ1v) is 9.80. The molecule has 5 nitrogen and oxygen atoms in total. The number of benzene rings is 1. The van der Waals surface area contributed by atoms with Gasteiger partial charge in [-0.3, -0.25) is 4.79 Å². The number of hydrogen-bond donors (Lipinski definition) is 0. The predicted molar refractivity (Wildman–Crippen MR) is 94.1 cm³/mol. The van der Waals surface area contributed by atoms with Gasteiger partial charge in [-0.2, -0.15) is 5.10 Å². The molecule has 3 rings (SSSR count). The van der Waals surface area contributed by atoms with Gasteiger partial charge in [0.2, 0.25) is 0 Å². The van der Waals surface area contributed by atoms with Gasteiger partial charge in [0.25, 0.3) is 0 Å². The zero-order chi connectivity index (χ0) is 17.3. The van der Waals surface area contributed by atoms with E-state index in [-0.39, 0.29) is 23.3 Å². The molecule has 0 N–H and O–H groups in total. The number of carbonyl (C=O) groups is 1. The fourth-order valence-electron chi connectivity index (χ4n) is 2.79. The minimum atomic E-state index is -3.02. The summed E-state index contributed by atoms with van der Waals surface area (Å²) < 4.78 is 24.9. The third-order valence-corrected chi connectivity index (χ3v) is 6.21. The van der Waals surface area contributed by atoms with Crippen molar-refractivity contribution in [2.45, 2.75) is 19.4 Å². The smallest absolute Gasteiger partial charge is 0.185 e. The molecule has 0 spiro atoms. The van der Waals surface area contributed by atoms with Crippen molar-refractivity contribution in [3.63, 3.8) is 0 Å². The average Bonchev–Trinajstić information content (AvgIpc) is 3.05. The van der Waals surface area contributed by atoms with Gasteiger partial charge in [0.1, 0.15) is 5.15 Å². The molecule has 1 aromatic heterocycles. The van der Waals surface area contributed by atoms with E-state index in [1.807, 2.05) is 6.07 Å². The van der Waals surface area contributed by atoms with Gasteiger partial charge in [-0.1, -0.05) is 41.9 Å². The third kappa shape index (κ3) is 3.44. The van der Waals surface area contributed by atoms with Crippen LogP contribution >= 0.6 is 11.6 Å². The lowest BCUT2D eigenvalue weighted by molar-refractivity contribution is 0.104. The lowest BCUT2D eigenvalue weighted by atomic mass is 10.1. The van der Waals surface area contributed by atoms with Crippen LogP contribution < -0.4 is 0 Å². The number of carbonyl (C=O) groups excluding carboxylic acids is 1. The predicted octanol–water partition coefficient (Wildman–Crippen LogP) is 3.10. The molecule has 2 heterocycles. The second kappa shape index (κ2) is 6.53. The average molecular weight is 365 g/mol. The Morgan fingerprint density at radius 1 is 1.33 bits per heavy atom. The Morgan fingerprint density at radius 3 is 2.67 bits per heavy atom. The van der Waals surface area contributed by atoms with Gasteiger partial charge < -0.3 is 0 Å². The monoisotopic (exact) mass is 364 g/mol. The highest BCUT2D eigenvalue weighted by Crippen LogP contribution is 2.30. The fourth-order valence-corrected chi connectivity index (χ4v) is 4.86. The second-order valence-electron chi connectivity index (χ2n) is 5.85. The maximum atomic E-state index is 12.2. The van der Waals surface area contributed by atoms with Gasteiger partial charge in [-0.05, 0) is 25.5 Å². The SMILES string of the molecule is Cc1nn([C@H]2CCS(=O)(=O)C2)c(Cl)c1/C=C/C(=O)c1ccccc1. The van der Waals surface area contributed by atoms with E-state index in [0.29, 0.717) is 28.4 Å². The standard InChI is InChI=1S/C17H17ClN2O3S/c1-12-15(7-8-16(21)13-5-3-2-4-6-13)17(18)20(19-12)14-9-10-24(22,23)11-14/h2-8,14H,9-11H2,1H3/b8-7+/t14-/m0/s1. The van der Waals surface area contributed by atoms with Crippen molar-refractivity contribution >= 4 is 33.3 Å². The summed E-state index contributed by atoms with van der Waals surface area (Å²) in [6.07, 6.45) is 3.61. The topological polar surface area (TPSA) is 69.0 Å². The van der Waals surface area contributed by atoms with Crippen LogP contribution in [0, 0.1) is 6.92 Å². The van der Waals surface area contributed by atoms with E-state index < -0.39 is 9.84 Å². The molecular formula is C17H17ClN2O3S. The van der Waals surface area contributed by atoms with Crippen LogP contribution in [-0.4, -0.2) is 35.5 Å². The molecule has 24 heavy (non-hydrogen) atoms. The first-order valence-electron chi connectivity index (χ1n) is 7.60. The van der Waals surface area contributed by atoms with E-state index in [1.54, 1.807) is 41.9 Å². The first kappa shape index (κ1) is 16.9. The lowest BCUT2D eigenvalue weighted by Gasteiger charge is -2.09. The van der Waals surface area contributed by atoms with Crippen molar-refractivity contribution in [2.24, 2.45) is 0 Å². The van der Waals surface area contributed by atoms with Crippen molar-refractivity contribution < 1.29 is 13.2 Å². The number of allylic oxidation sites excluding steroid dienone is 1. The van der Waals surface area contributed by atoms with Crippen LogP contribution in [0.15, 0.2) is 36.4 Å². The molecule has 7 heteroatoms. The molecule has 1 fully saturated rings. The van der Waals surface area contributed by atoms with Crippen LogP contribution in [0.5, 0.6) is 0 Å². The number of sulfone groups is 1. The van der Waals surface area contributed by atoms with Gasteiger partial charge in [0, 0.05) is 11.1 Å². The van der Waals surface area contributed by atoms with Gasteiger partial charge in [0.15, 0.2) is 15.6 Å². The first-order chi connectivity index (χ1) is 11.4. The van der Waals surface area contributed by atoms with Gasteiger partial charge >= 0.3 is 0 Å². The zero-order valence-electron chi connectivity index (χ0n) is 13.1. The van der Waals surface area contributed by atoms with Crippen LogP contribution in [0.1, 0.15) is 34.1 Å². The highest BCUT2D eigenvalue weighted by Gasteiger charge is 2.31. The third-order valence-electron chi connectivity index (χ3n) is 4.08. The molecule has 2 aromatic rings. The van der Waals surface area contributed by atoms with Crippen LogP contribution in [0.25, 0.3) is 6.08 Å². The maximum Gasteiger partial charge on any atom is 0.185 e. The van der Waals surface area contributed by atoms with Crippen molar-refractivity contribution in [1.82, 2.24) is 9.78 Å². The summed E-state index contributed by atoms with van der Waals surface area (Å²) in [6.45, 7) is 1.79.